The van der Waals surface area contributed by atoms with E-state index in [1.54, 1.807) is 24.3 Å². The van der Waals surface area contributed by atoms with E-state index in [2.05, 4.69) is 4.72 Å². The number of hydrogen-bond acceptors (Lipinski definition) is 4. The van der Waals surface area contributed by atoms with Crippen molar-refractivity contribution in [3.63, 3.8) is 0 Å². The number of nitrogens with zero attached hydrogens (tertiary/aromatic N) is 1. The van der Waals surface area contributed by atoms with Gasteiger partial charge in [0.2, 0.25) is 10.0 Å². The maximum atomic E-state index is 12.6. The van der Waals surface area contributed by atoms with E-state index in [9.17, 15) is 18.0 Å². The average Bonchev–Trinajstić information content (AvgIpc) is 3.02. The molecule has 1 N–H and O–H groups in total. The Balaban J connectivity index is 1.62. The lowest BCUT2D eigenvalue weighted by atomic mass is 10.1. The molecule has 0 aromatic heterocycles. The third kappa shape index (κ3) is 5.52. The van der Waals surface area contributed by atoms with Crippen LogP contribution in [0.1, 0.15) is 58.9 Å². The van der Waals surface area contributed by atoms with Gasteiger partial charge in [0.15, 0.2) is 5.78 Å². The summed E-state index contributed by atoms with van der Waals surface area (Å²) in [6.07, 6.45) is 4.42. The molecule has 0 atom stereocenters. The lowest BCUT2D eigenvalue weighted by Crippen LogP contribution is -2.31. The number of hydrogen-bond donors (Lipinski definition) is 1. The van der Waals surface area contributed by atoms with Gasteiger partial charge in [-0.2, -0.15) is 0 Å². The molecule has 1 aliphatic rings. The van der Waals surface area contributed by atoms with Gasteiger partial charge in [0, 0.05) is 30.8 Å². The number of carbonyl (C=O) groups excluding carboxylic acids is 2. The Morgan fingerprint density at radius 1 is 0.862 bits per heavy atom. The van der Waals surface area contributed by atoms with E-state index < -0.39 is 10.0 Å². The minimum atomic E-state index is -3.69. The molecule has 29 heavy (non-hydrogen) atoms. The summed E-state index contributed by atoms with van der Waals surface area (Å²) in [6.45, 7) is 3.14. The second-order valence-electron chi connectivity index (χ2n) is 7.31. The molecule has 0 spiro atoms. The highest BCUT2D eigenvalue weighted by Crippen LogP contribution is 2.15. The zero-order valence-corrected chi connectivity index (χ0v) is 17.4. The first kappa shape index (κ1) is 21.2. The molecule has 1 saturated heterocycles. The molecule has 6 nitrogen and oxygen atoms in total. The molecule has 0 unspecified atom stereocenters. The van der Waals surface area contributed by atoms with Crippen molar-refractivity contribution in [1.82, 2.24) is 9.62 Å². The summed E-state index contributed by atoms with van der Waals surface area (Å²) in [6, 6.07) is 12.9. The molecule has 0 aliphatic carbocycles. The Hall–Kier alpha value is -2.51. The molecule has 0 saturated carbocycles. The Bertz CT molecular complexity index is 959. The molecule has 1 aliphatic heterocycles. The highest BCUT2D eigenvalue weighted by atomic mass is 32.2. The van der Waals surface area contributed by atoms with Crippen LogP contribution in [-0.2, 0) is 16.6 Å². The fourth-order valence-corrected chi connectivity index (χ4v) is 4.37. The fourth-order valence-electron chi connectivity index (χ4n) is 3.35. The van der Waals surface area contributed by atoms with E-state index in [0.29, 0.717) is 11.1 Å². The zero-order valence-electron chi connectivity index (χ0n) is 16.6. The predicted octanol–water partition coefficient (Wildman–Crippen LogP) is 3.38. The van der Waals surface area contributed by atoms with E-state index >= 15 is 0 Å². The fraction of sp³-hybridized carbons (Fsp3) is 0.364. The van der Waals surface area contributed by atoms with Gasteiger partial charge in [-0.1, -0.05) is 37.1 Å². The SMILES string of the molecule is CC(=O)c1ccc(S(=O)(=O)NCc2ccc(C(=O)N3CCCCCC3)cc2)cc1. The number of benzene rings is 2. The van der Waals surface area contributed by atoms with Crippen LogP contribution in [0.25, 0.3) is 0 Å². The van der Waals surface area contributed by atoms with Crippen molar-refractivity contribution in [3.8, 4) is 0 Å². The van der Waals surface area contributed by atoms with Crippen LogP contribution >= 0.6 is 0 Å². The van der Waals surface area contributed by atoms with Crippen molar-refractivity contribution >= 4 is 21.7 Å². The topological polar surface area (TPSA) is 83.5 Å². The summed E-state index contributed by atoms with van der Waals surface area (Å²) in [5.41, 5.74) is 1.85. The Labute approximate surface area is 172 Å². The first-order valence-corrected chi connectivity index (χ1v) is 11.3. The zero-order chi connectivity index (χ0) is 20.9. The van der Waals surface area contributed by atoms with Crippen LogP contribution in [0.5, 0.6) is 0 Å². The number of carbonyl (C=O) groups is 2. The minimum Gasteiger partial charge on any atom is -0.339 e. The van der Waals surface area contributed by atoms with Gasteiger partial charge < -0.3 is 4.90 Å². The van der Waals surface area contributed by atoms with Crippen LogP contribution in [0.15, 0.2) is 53.4 Å². The molecule has 1 heterocycles. The van der Waals surface area contributed by atoms with Crippen LogP contribution in [0.3, 0.4) is 0 Å². The second-order valence-corrected chi connectivity index (χ2v) is 9.08. The lowest BCUT2D eigenvalue weighted by Gasteiger charge is -2.20. The molecule has 0 bridgehead atoms. The van der Waals surface area contributed by atoms with Gasteiger partial charge in [0.05, 0.1) is 4.90 Å². The monoisotopic (exact) mass is 414 g/mol. The summed E-state index contributed by atoms with van der Waals surface area (Å²) in [5.74, 6) is -0.0821. The van der Waals surface area contributed by atoms with Crippen molar-refractivity contribution < 1.29 is 18.0 Å². The molecule has 1 amide bonds. The normalized spacial score (nSPS) is 15.0. The van der Waals surface area contributed by atoms with Gasteiger partial charge >= 0.3 is 0 Å². The highest BCUT2D eigenvalue weighted by Gasteiger charge is 2.18. The van der Waals surface area contributed by atoms with Gasteiger partial charge in [-0.05, 0) is 49.6 Å². The van der Waals surface area contributed by atoms with Crippen molar-refractivity contribution in [2.45, 2.75) is 44.0 Å². The quantitative estimate of drug-likeness (QED) is 0.735. The minimum absolute atomic E-state index is 0.0320. The van der Waals surface area contributed by atoms with E-state index in [4.69, 9.17) is 0 Å². The Kier molecular flexibility index (Phi) is 6.82. The number of likely N-dealkylation sites (tertiary alicyclic amines) is 1. The Morgan fingerprint density at radius 3 is 1.97 bits per heavy atom. The van der Waals surface area contributed by atoms with E-state index in [1.807, 2.05) is 4.90 Å². The molecule has 154 valence electrons. The molecule has 7 heteroatoms. The average molecular weight is 415 g/mol. The van der Waals surface area contributed by atoms with E-state index in [-0.39, 0.29) is 23.1 Å². The maximum Gasteiger partial charge on any atom is 0.253 e. The number of sulfonamides is 1. The van der Waals surface area contributed by atoms with Crippen molar-refractivity contribution in [1.29, 1.82) is 0 Å². The molecule has 1 fully saturated rings. The third-order valence-electron chi connectivity index (χ3n) is 5.13. The Morgan fingerprint density at radius 2 is 1.41 bits per heavy atom. The number of nitrogens with one attached hydrogen (secondary N) is 1. The standard InChI is InChI=1S/C22H26N2O4S/c1-17(25)19-10-12-21(13-11-19)29(27,28)23-16-18-6-8-20(9-7-18)22(26)24-14-4-2-3-5-15-24/h6-13,23H,2-5,14-16H2,1H3. The first-order chi connectivity index (χ1) is 13.9. The molecule has 2 aromatic rings. The van der Waals surface area contributed by atoms with Gasteiger partial charge in [-0.15, -0.1) is 0 Å². The number of amides is 1. The third-order valence-corrected chi connectivity index (χ3v) is 6.55. The number of rotatable bonds is 6. The second kappa shape index (κ2) is 9.33. The van der Waals surface area contributed by atoms with Gasteiger partial charge in [0.1, 0.15) is 0 Å². The van der Waals surface area contributed by atoms with Crippen molar-refractivity contribution in [2.24, 2.45) is 0 Å². The smallest absolute Gasteiger partial charge is 0.253 e. The predicted molar refractivity (Wildman–Crippen MR) is 111 cm³/mol. The maximum absolute atomic E-state index is 12.6. The van der Waals surface area contributed by atoms with Crippen LogP contribution in [0, 0.1) is 0 Å². The largest absolute Gasteiger partial charge is 0.339 e. The molecule has 2 aromatic carbocycles. The van der Waals surface area contributed by atoms with E-state index in [1.165, 1.54) is 44.0 Å². The summed E-state index contributed by atoms with van der Waals surface area (Å²) in [5, 5.41) is 0. The number of Topliss-reactive ketones (excluding diaryl/α,β-unsaturated/α-hetero) is 1. The summed E-state index contributed by atoms with van der Waals surface area (Å²) in [4.78, 5) is 26.0. The molecular weight excluding hydrogens is 388 g/mol. The first-order valence-electron chi connectivity index (χ1n) is 9.86. The van der Waals surface area contributed by atoms with E-state index in [0.717, 1.165) is 31.5 Å². The molecule has 3 rings (SSSR count). The summed E-state index contributed by atoms with van der Waals surface area (Å²) in [7, 11) is -3.69. The summed E-state index contributed by atoms with van der Waals surface area (Å²) < 4.78 is 27.4. The van der Waals surface area contributed by atoms with Crippen molar-refractivity contribution in [2.75, 3.05) is 13.1 Å². The van der Waals surface area contributed by atoms with Gasteiger partial charge in [-0.25, -0.2) is 13.1 Å². The molecular formula is C22H26N2O4S. The van der Waals surface area contributed by atoms with Gasteiger partial charge in [-0.3, -0.25) is 9.59 Å². The van der Waals surface area contributed by atoms with Crippen molar-refractivity contribution in [3.05, 3.63) is 65.2 Å². The van der Waals surface area contributed by atoms with Crippen LogP contribution in [0.4, 0.5) is 0 Å². The number of ketones is 1. The lowest BCUT2D eigenvalue weighted by molar-refractivity contribution is 0.0761. The van der Waals surface area contributed by atoms with Crippen LogP contribution in [0.2, 0.25) is 0 Å². The molecule has 0 radical (unpaired) electrons. The van der Waals surface area contributed by atoms with Crippen LogP contribution in [-0.4, -0.2) is 38.1 Å². The highest BCUT2D eigenvalue weighted by molar-refractivity contribution is 7.89. The summed E-state index contributed by atoms with van der Waals surface area (Å²) >= 11 is 0. The van der Waals surface area contributed by atoms with Gasteiger partial charge in [0.25, 0.3) is 5.91 Å². The van der Waals surface area contributed by atoms with Crippen LogP contribution < -0.4 is 4.72 Å².